The fourth-order valence-corrected chi connectivity index (χ4v) is 2.35. The van der Waals surface area contributed by atoms with Gasteiger partial charge >= 0.3 is 0 Å². The molecule has 0 fully saturated rings. The molecule has 1 amide bonds. The number of fused-ring (bicyclic) bond motifs is 1. The van der Waals surface area contributed by atoms with Crippen LogP contribution in [0.4, 0.5) is 0 Å². The van der Waals surface area contributed by atoms with E-state index in [1.165, 1.54) is 0 Å². The minimum absolute atomic E-state index is 0.216. The van der Waals surface area contributed by atoms with Crippen LogP contribution in [0, 0.1) is 0 Å². The van der Waals surface area contributed by atoms with Crippen molar-refractivity contribution in [3.05, 3.63) is 52.3 Å². The number of carbonyl (C=O) groups excluding carboxylic acids is 1. The van der Waals surface area contributed by atoms with Crippen LogP contribution in [-0.4, -0.2) is 24.1 Å². The Morgan fingerprint density at radius 3 is 2.81 bits per heavy atom. The van der Waals surface area contributed by atoms with E-state index in [0.29, 0.717) is 35.8 Å². The summed E-state index contributed by atoms with van der Waals surface area (Å²) in [5.74, 6) is 1.24. The van der Waals surface area contributed by atoms with Crippen molar-refractivity contribution in [3.8, 4) is 11.5 Å². The fraction of sp³-hybridized carbons (Fsp3) is 0.200. The zero-order chi connectivity index (χ0) is 14.7. The summed E-state index contributed by atoms with van der Waals surface area (Å²) >= 11 is 3.25. The van der Waals surface area contributed by atoms with Gasteiger partial charge in [0.25, 0.3) is 5.91 Å². The first-order chi connectivity index (χ1) is 10.2. The summed E-state index contributed by atoms with van der Waals surface area (Å²) in [5.41, 5.74) is 1.32. The largest absolute Gasteiger partial charge is 0.486 e. The monoisotopic (exact) mass is 348 g/mol. The predicted octanol–water partition coefficient (Wildman–Crippen LogP) is 2.55. The standard InChI is InChI=1S/C15H13BrN2O3/c16-14-3-1-2-11(18-14)15(19)17-9-10-4-5-12-13(8-10)21-7-6-20-12/h1-5,8H,6-7,9H2,(H,17,19). The Kier molecular flexibility index (Phi) is 4.06. The van der Waals surface area contributed by atoms with Gasteiger partial charge in [0, 0.05) is 6.54 Å². The van der Waals surface area contributed by atoms with E-state index < -0.39 is 0 Å². The Morgan fingerprint density at radius 1 is 1.19 bits per heavy atom. The van der Waals surface area contributed by atoms with Gasteiger partial charge in [-0.05, 0) is 45.8 Å². The predicted molar refractivity (Wildman–Crippen MR) is 80.5 cm³/mol. The topological polar surface area (TPSA) is 60.5 Å². The van der Waals surface area contributed by atoms with Crippen molar-refractivity contribution in [2.45, 2.75) is 6.54 Å². The van der Waals surface area contributed by atoms with Crippen LogP contribution in [0.5, 0.6) is 11.5 Å². The van der Waals surface area contributed by atoms with Gasteiger partial charge in [-0.1, -0.05) is 12.1 Å². The molecule has 1 N–H and O–H groups in total. The van der Waals surface area contributed by atoms with Gasteiger partial charge in [-0.3, -0.25) is 4.79 Å². The number of rotatable bonds is 3. The molecule has 1 aromatic heterocycles. The van der Waals surface area contributed by atoms with Crippen molar-refractivity contribution >= 4 is 21.8 Å². The van der Waals surface area contributed by atoms with Crippen LogP contribution in [0.25, 0.3) is 0 Å². The van der Waals surface area contributed by atoms with E-state index in [2.05, 4.69) is 26.2 Å². The number of nitrogens with zero attached hydrogens (tertiary/aromatic N) is 1. The van der Waals surface area contributed by atoms with Crippen LogP contribution in [0.2, 0.25) is 0 Å². The van der Waals surface area contributed by atoms with Gasteiger partial charge in [0.15, 0.2) is 11.5 Å². The Bertz CT molecular complexity index is 676. The number of pyridine rings is 1. The van der Waals surface area contributed by atoms with Crippen molar-refractivity contribution in [1.82, 2.24) is 10.3 Å². The summed E-state index contributed by atoms with van der Waals surface area (Å²) in [4.78, 5) is 16.1. The van der Waals surface area contributed by atoms with E-state index in [-0.39, 0.29) is 5.91 Å². The first kappa shape index (κ1) is 13.9. The fourth-order valence-electron chi connectivity index (χ4n) is 2.01. The second-order valence-electron chi connectivity index (χ2n) is 4.51. The van der Waals surface area contributed by atoms with Crippen molar-refractivity contribution in [2.75, 3.05) is 13.2 Å². The summed E-state index contributed by atoms with van der Waals surface area (Å²) in [6.45, 7) is 1.52. The molecule has 6 heteroatoms. The maximum absolute atomic E-state index is 12.0. The van der Waals surface area contributed by atoms with Crippen molar-refractivity contribution in [3.63, 3.8) is 0 Å². The Labute approximate surface area is 130 Å². The third kappa shape index (κ3) is 3.33. The van der Waals surface area contributed by atoms with Gasteiger partial charge in [-0.2, -0.15) is 0 Å². The van der Waals surface area contributed by atoms with Crippen molar-refractivity contribution in [1.29, 1.82) is 0 Å². The molecule has 0 bridgehead atoms. The van der Waals surface area contributed by atoms with Crippen molar-refractivity contribution < 1.29 is 14.3 Å². The third-order valence-corrected chi connectivity index (χ3v) is 3.45. The van der Waals surface area contributed by atoms with Gasteiger partial charge in [-0.25, -0.2) is 4.98 Å². The van der Waals surface area contributed by atoms with Crippen LogP contribution < -0.4 is 14.8 Å². The summed E-state index contributed by atoms with van der Waals surface area (Å²) in [6, 6.07) is 10.9. The quantitative estimate of drug-likeness (QED) is 0.866. The van der Waals surface area contributed by atoms with Gasteiger partial charge in [0.05, 0.1) is 0 Å². The number of benzene rings is 1. The Balaban J connectivity index is 1.66. The number of ether oxygens (including phenoxy) is 2. The SMILES string of the molecule is O=C(NCc1ccc2c(c1)OCCO2)c1cccc(Br)n1. The summed E-state index contributed by atoms with van der Waals surface area (Å²) < 4.78 is 11.6. The van der Waals surface area contributed by atoms with Gasteiger partial charge in [-0.15, -0.1) is 0 Å². The number of halogens is 1. The maximum Gasteiger partial charge on any atom is 0.270 e. The van der Waals surface area contributed by atoms with E-state index in [1.54, 1.807) is 18.2 Å². The molecule has 0 atom stereocenters. The van der Waals surface area contributed by atoms with E-state index >= 15 is 0 Å². The smallest absolute Gasteiger partial charge is 0.270 e. The molecule has 1 aromatic carbocycles. The molecule has 21 heavy (non-hydrogen) atoms. The average Bonchev–Trinajstić information content (AvgIpc) is 2.52. The summed E-state index contributed by atoms with van der Waals surface area (Å²) in [5, 5.41) is 2.83. The molecule has 108 valence electrons. The van der Waals surface area contributed by atoms with E-state index in [0.717, 1.165) is 11.3 Å². The molecule has 0 aliphatic carbocycles. The van der Waals surface area contributed by atoms with Gasteiger partial charge in [0.2, 0.25) is 0 Å². The summed E-state index contributed by atoms with van der Waals surface area (Å²) in [7, 11) is 0. The number of carbonyl (C=O) groups is 1. The number of hydrogen-bond donors (Lipinski definition) is 1. The van der Waals surface area contributed by atoms with Crippen LogP contribution in [0.3, 0.4) is 0 Å². The Hall–Kier alpha value is -2.08. The summed E-state index contributed by atoms with van der Waals surface area (Å²) in [6.07, 6.45) is 0. The number of aromatic nitrogens is 1. The minimum atomic E-state index is -0.216. The molecule has 0 saturated carbocycles. The maximum atomic E-state index is 12.0. The highest BCUT2D eigenvalue weighted by Crippen LogP contribution is 2.30. The molecule has 3 rings (SSSR count). The average molecular weight is 349 g/mol. The molecule has 1 aliphatic rings. The molecule has 0 radical (unpaired) electrons. The van der Waals surface area contributed by atoms with E-state index in [4.69, 9.17) is 9.47 Å². The van der Waals surface area contributed by atoms with E-state index in [9.17, 15) is 4.79 Å². The molecule has 0 saturated heterocycles. The zero-order valence-corrected chi connectivity index (χ0v) is 12.7. The molecular weight excluding hydrogens is 336 g/mol. The van der Waals surface area contributed by atoms with Gasteiger partial charge in [0.1, 0.15) is 23.5 Å². The Morgan fingerprint density at radius 2 is 2.00 bits per heavy atom. The highest BCUT2D eigenvalue weighted by molar-refractivity contribution is 9.10. The lowest BCUT2D eigenvalue weighted by Gasteiger charge is -2.18. The molecule has 0 unspecified atom stereocenters. The second-order valence-corrected chi connectivity index (χ2v) is 5.32. The highest BCUT2D eigenvalue weighted by Gasteiger charge is 2.12. The van der Waals surface area contributed by atoms with Crippen molar-refractivity contribution in [2.24, 2.45) is 0 Å². The van der Waals surface area contributed by atoms with Gasteiger partial charge < -0.3 is 14.8 Å². The molecule has 0 spiro atoms. The molecule has 2 aromatic rings. The molecular formula is C15H13BrN2O3. The van der Waals surface area contributed by atoms with Crippen LogP contribution in [-0.2, 0) is 6.54 Å². The number of hydrogen-bond acceptors (Lipinski definition) is 4. The lowest BCUT2D eigenvalue weighted by atomic mass is 10.2. The first-order valence-electron chi connectivity index (χ1n) is 6.52. The van der Waals surface area contributed by atoms with Crippen LogP contribution in [0.1, 0.15) is 16.1 Å². The van der Waals surface area contributed by atoms with E-state index in [1.807, 2.05) is 18.2 Å². The first-order valence-corrected chi connectivity index (χ1v) is 7.31. The number of nitrogens with one attached hydrogen (secondary N) is 1. The van der Waals surface area contributed by atoms with Crippen LogP contribution >= 0.6 is 15.9 Å². The molecule has 5 nitrogen and oxygen atoms in total. The second kappa shape index (κ2) is 6.13. The third-order valence-electron chi connectivity index (χ3n) is 3.01. The minimum Gasteiger partial charge on any atom is -0.486 e. The lowest BCUT2D eigenvalue weighted by Crippen LogP contribution is -2.24. The van der Waals surface area contributed by atoms with Crippen LogP contribution in [0.15, 0.2) is 41.0 Å². The zero-order valence-electron chi connectivity index (χ0n) is 11.1. The molecule has 2 heterocycles. The number of amides is 1. The lowest BCUT2D eigenvalue weighted by molar-refractivity contribution is 0.0945. The normalized spacial score (nSPS) is 12.8. The molecule has 1 aliphatic heterocycles. The highest BCUT2D eigenvalue weighted by atomic mass is 79.9.